The third kappa shape index (κ3) is 2.97. The molecule has 1 aliphatic carbocycles. The standard InChI is InChI=1S/C17H19FN2O2S/c18-12-6-7-14-15(9-12)23-17(19-14)20(10-13-5-2-8-22-13)16(21)11-3-1-4-11/h6-7,9,11,13H,1-5,8,10H2/t13-/m1/s1. The molecule has 1 aromatic heterocycles. The van der Waals surface area contributed by atoms with E-state index in [1.807, 2.05) is 0 Å². The highest BCUT2D eigenvalue weighted by Crippen LogP contribution is 2.34. The Kier molecular flexibility index (Phi) is 4.03. The average molecular weight is 334 g/mol. The molecule has 4 rings (SSSR count). The molecule has 1 saturated carbocycles. The molecule has 1 amide bonds. The number of hydrogen-bond donors (Lipinski definition) is 0. The number of fused-ring (bicyclic) bond motifs is 1. The first kappa shape index (κ1) is 15.0. The first-order chi connectivity index (χ1) is 11.2. The highest BCUT2D eigenvalue weighted by molar-refractivity contribution is 7.22. The number of anilines is 1. The maximum atomic E-state index is 13.4. The number of halogens is 1. The summed E-state index contributed by atoms with van der Waals surface area (Å²) in [5.74, 6) is -0.0184. The normalized spacial score (nSPS) is 21.5. The number of rotatable bonds is 4. The first-order valence-electron chi connectivity index (χ1n) is 8.20. The van der Waals surface area contributed by atoms with Gasteiger partial charge in [-0.25, -0.2) is 9.37 Å². The molecule has 1 atom stereocenters. The summed E-state index contributed by atoms with van der Waals surface area (Å²) < 4.78 is 19.9. The zero-order chi connectivity index (χ0) is 15.8. The molecule has 0 spiro atoms. The average Bonchev–Trinajstić information content (AvgIpc) is 3.11. The largest absolute Gasteiger partial charge is 0.376 e. The molecule has 2 aliphatic rings. The number of carbonyl (C=O) groups is 1. The minimum atomic E-state index is -0.274. The first-order valence-corrected chi connectivity index (χ1v) is 9.01. The second-order valence-corrected chi connectivity index (χ2v) is 7.33. The predicted octanol–water partition coefficient (Wildman–Crippen LogP) is 3.75. The zero-order valence-corrected chi connectivity index (χ0v) is 13.7. The number of hydrogen-bond acceptors (Lipinski definition) is 4. The quantitative estimate of drug-likeness (QED) is 0.855. The van der Waals surface area contributed by atoms with Crippen LogP contribution in [0.4, 0.5) is 9.52 Å². The fourth-order valence-electron chi connectivity index (χ4n) is 3.13. The molecular weight excluding hydrogens is 315 g/mol. The number of benzene rings is 1. The second-order valence-electron chi connectivity index (χ2n) is 6.32. The molecule has 2 fully saturated rings. The van der Waals surface area contributed by atoms with Gasteiger partial charge in [0.05, 0.1) is 22.9 Å². The van der Waals surface area contributed by atoms with Crippen molar-refractivity contribution in [2.45, 2.75) is 38.2 Å². The highest BCUT2D eigenvalue weighted by Gasteiger charge is 2.33. The molecule has 6 heteroatoms. The minimum Gasteiger partial charge on any atom is -0.376 e. The monoisotopic (exact) mass is 334 g/mol. The Morgan fingerprint density at radius 2 is 2.22 bits per heavy atom. The Labute approximate surface area is 138 Å². The number of amides is 1. The van der Waals surface area contributed by atoms with Crippen LogP contribution in [0.5, 0.6) is 0 Å². The Morgan fingerprint density at radius 1 is 1.35 bits per heavy atom. The van der Waals surface area contributed by atoms with Crippen LogP contribution in [0.15, 0.2) is 18.2 Å². The number of nitrogens with zero attached hydrogens (tertiary/aromatic N) is 2. The van der Waals surface area contributed by atoms with E-state index in [1.54, 1.807) is 11.0 Å². The van der Waals surface area contributed by atoms with Crippen LogP contribution in [0.3, 0.4) is 0 Å². The fourth-order valence-corrected chi connectivity index (χ4v) is 4.14. The predicted molar refractivity (Wildman–Crippen MR) is 88.2 cm³/mol. The highest BCUT2D eigenvalue weighted by atomic mass is 32.1. The third-order valence-corrected chi connectivity index (χ3v) is 5.74. The number of carbonyl (C=O) groups excluding carboxylic acids is 1. The van der Waals surface area contributed by atoms with E-state index in [0.29, 0.717) is 11.7 Å². The van der Waals surface area contributed by atoms with E-state index in [-0.39, 0.29) is 23.7 Å². The molecule has 2 heterocycles. The van der Waals surface area contributed by atoms with Gasteiger partial charge in [-0.1, -0.05) is 17.8 Å². The fraction of sp³-hybridized carbons (Fsp3) is 0.529. The van der Waals surface area contributed by atoms with Crippen LogP contribution >= 0.6 is 11.3 Å². The molecule has 1 saturated heterocycles. The molecule has 0 bridgehead atoms. The number of ether oxygens (including phenoxy) is 1. The second kappa shape index (κ2) is 6.17. The summed E-state index contributed by atoms with van der Waals surface area (Å²) in [6.07, 6.45) is 5.15. The van der Waals surface area contributed by atoms with E-state index >= 15 is 0 Å². The number of aromatic nitrogens is 1. The lowest BCUT2D eigenvalue weighted by molar-refractivity contribution is -0.125. The van der Waals surface area contributed by atoms with Gasteiger partial charge in [-0.3, -0.25) is 9.69 Å². The van der Waals surface area contributed by atoms with E-state index in [4.69, 9.17) is 4.74 Å². The van der Waals surface area contributed by atoms with Crippen LogP contribution in [0.2, 0.25) is 0 Å². The van der Waals surface area contributed by atoms with Crippen molar-refractivity contribution in [3.05, 3.63) is 24.0 Å². The van der Waals surface area contributed by atoms with Crippen molar-refractivity contribution in [2.24, 2.45) is 5.92 Å². The van der Waals surface area contributed by atoms with Crippen molar-refractivity contribution in [2.75, 3.05) is 18.1 Å². The summed E-state index contributed by atoms with van der Waals surface area (Å²) in [6.45, 7) is 1.32. The summed E-state index contributed by atoms with van der Waals surface area (Å²) >= 11 is 1.38. The van der Waals surface area contributed by atoms with E-state index in [9.17, 15) is 9.18 Å². The van der Waals surface area contributed by atoms with Crippen molar-refractivity contribution >= 4 is 32.6 Å². The summed E-state index contributed by atoms with van der Waals surface area (Å²) in [5.41, 5.74) is 0.741. The van der Waals surface area contributed by atoms with Crippen molar-refractivity contribution in [1.82, 2.24) is 4.98 Å². The van der Waals surface area contributed by atoms with E-state index in [2.05, 4.69) is 4.98 Å². The van der Waals surface area contributed by atoms with Crippen LogP contribution in [-0.4, -0.2) is 30.1 Å². The molecule has 23 heavy (non-hydrogen) atoms. The van der Waals surface area contributed by atoms with Crippen LogP contribution in [0, 0.1) is 11.7 Å². The number of thiazole rings is 1. The van der Waals surface area contributed by atoms with E-state index in [1.165, 1.54) is 23.5 Å². The van der Waals surface area contributed by atoms with Gasteiger partial charge in [-0.05, 0) is 43.9 Å². The lowest BCUT2D eigenvalue weighted by Crippen LogP contribution is -2.43. The Hall–Kier alpha value is -1.53. The molecule has 0 unspecified atom stereocenters. The summed E-state index contributed by atoms with van der Waals surface area (Å²) in [6, 6.07) is 4.56. The SMILES string of the molecule is O=C(C1CCC1)N(C[C@H]1CCCO1)c1nc2ccc(F)cc2s1. The maximum absolute atomic E-state index is 13.4. The van der Waals surface area contributed by atoms with Gasteiger partial charge in [0.15, 0.2) is 5.13 Å². The van der Waals surface area contributed by atoms with Gasteiger partial charge in [0.25, 0.3) is 0 Å². The van der Waals surface area contributed by atoms with Gasteiger partial charge in [-0.15, -0.1) is 0 Å². The smallest absolute Gasteiger partial charge is 0.231 e. The van der Waals surface area contributed by atoms with Gasteiger partial charge in [-0.2, -0.15) is 0 Å². The molecular formula is C17H19FN2O2S. The van der Waals surface area contributed by atoms with Gasteiger partial charge in [0.2, 0.25) is 5.91 Å². The van der Waals surface area contributed by atoms with Gasteiger partial charge >= 0.3 is 0 Å². The van der Waals surface area contributed by atoms with Crippen molar-refractivity contribution in [1.29, 1.82) is 0 Å². The van der Waals surface area contributed by atoms with Crippen LogP contribution in [0.1, 0.15) is 32.1 Å². The summed E-state index contributed by atoms with van der Waals surface area (Å²) in [5, 5.41) is 0.665. The molecule has 0 N–H and O–H groups in total. The van der Waals surface area contributed by atoms with Crippen molar-refractivity contribution in [3.8, 4) is 0 Å². The van der Waals surface area contributed by atoms with E-state index < -0.39 is 0 Å². The van der Waals surface area contributed by atoms with Gasteiger partial charge < -0.3 is 4.74 Å². The van der Waals surface area contributed by atoms with Crippen molar-refractivity contribution < 1.29 is 13.9 Å². The Balaban J connectivity index is 1.65. The lowest BCUT2D eigenvalue weighted by atomic mass is 9.84. The molecule has 0 radical (unpaired) electrons. The Morgan fingerprint density at radius 3 is 2.91 bits per heavy atom. The molecule has 1 aromatic carbocycles. The zero-order valence-electron chi connectivity index (χ0n) is 12.8. The molecule has 122 valence electrons. The van der Waals surface area contributed by atoms with Crippen molar-refractivity contribution in [3.63, 3.8) is 0 Å². The lowest BCUT2D eigenvalue weighted by Gasteiger charge is -2.31. The summed E-state index contributed by atoms with van der Waals surface area (Å²) in [7, 11) is 0. The van der Waals surface area contributed by atoms with Crippen LogP contribution in [0.25, 0.3) is 10.2 Å². The van der Waals surface area contributed by atoms with Crippen LogP contribution in [-0.2, 0) is 9.53 Å². The van der Waals surface area contributed by atoms with E-state index in [0.717, 1.165) is 48.9 Å². The molecule has 4 nitrogen and oxygen atoms in total. The van der Waals surface area contributed by atoms with Gasteiger partial charge in [0.1, 0.15) is 5.82 Å². The summed E-state index contributed by atoms with van der Waals surface area (Å²) in [4.78, 5) is 19.2. The molecule has 2 aromatic rings. The van der Waals surface area contributed by atoms with Crippen LogP contribution < -0.4 is 4.90 Å². The minimum absolute atomic E-state index is 0.0859. The third-order valence-electron chi connectivity index (χ3n) is 4.70. The molecule has 1 aliphatic heterocycles. The Bertz CT molecular complexity index is 722. The van der Waals surface area contributed by atoms with Gasteiger partial charge in [0, 0.05) is 12.5 Å². The maximum Gasteiger partial charge on any atom is 0.231 e. The topological polar surface area (TPSA) is 42.4 Å².